The van der Waals surface area contributed by atoms with Crippen molar-refractivity contribution >= 4 is 11.9 Å². The highest BCUT2D eigenvalue weighted by Crippen LogP contribution is 2.03. The topological polar surface area (TPSA) is 55.4 Å². The monoisotopic (exact) mass is 311 g/mol. The lowest BCUT2D eigenvalue weighted by Gasteiger charge is -2.06. The van der Waals surface area contributed by atoms with Crippen LogP contribution in [0.4, 0.5) is 0 Å². The molecule has 2 aromatic carbocycles. The van der Waals surface area contributed by atoms with Crippen LogP contribution < -0.4 is 5.32 Å². The minimum atomic E-state index is -0.244. The zero-order chi connectivity index (χ0) is 16.3. The molecule has 0 aliphatic heterocycles. The van der Waals surface area contributed by atoms with E-state index < -0.39 is 0 Å². The molecule has 1 N–H and O–H groups in total. The molecular weight excluding hydrogens is 290 g/mol. The molecule has 0 aromatic heterocycles. The summed E-state index contributed by atoms with van der Waals surface area (Å²) >= 11 is 0. The highest BCUT2D eigenvalue weighted by Gasteiger charge is 2.05. The van der Waals surface area contributed by atoms with Gasteiger partial charge in [-0.05, 0) is 17.5 Å². The highest BCUT2D eigenvalue weighted by molar-refractivity contribution is 5.78. The Morgan fingerprint density at radius 3 is 2.13 bits per heavy atom. The molecule has 0 aliphatic carbocycles. The Morgan fingerprint density at radius 2 is 1.48 bits per heavy atom. The third-order valence-electron chi connectivity index (χ3n) is 3.33. The van der Waals surface area contributed by atoms with Gasteiger partial charge >= 0.3 is 5.97 Å². The van der Waals surface area contributed by atoms with Crippen LogP contribution in [0.1, 0.15) is 24.0 Å². The van der Waals surface area contributed by atoms with Crippen molar-refractivity contribution in [1.29, 1.82) is 0 Å². The Balaban J connectivity index is 1.56. The van der Waals surface area contributed by atoms with Gasteiger partial charge in [0, 0.05) is 13.0 Å². The van der Waals surface area contributed by atoms with E-state index >= 15 is 0 Å². The van der Waals surface area contributed by atoms with Crippen molar-refractivity contribution in [3.8, 4) is 0 Å². The Hall–Kier alpha value is -2.62. The first kappa shape index (κ1) is 16.7. The zero-order valence-electron chi connectivity index (χ0n) is 13.0. The van der Waals surface area contributed by atoms with E-state index in [0.29, 0.717) is 32.4 Å². The number of benzene rings is 2. The Morgan fingerprint density at radius 1 is 0.870 bits per heavy atom. The van der Waals surface area contributed by atoms with E-state index in [0.717, 1.165) is 11.1 Å². The highest BCUT2D eigenvalue weighted by atomic mass is 16.5. The fourth-order valence-electron chi connectivity index (χ4n) is 2.11. The number of hydrogen-bond donors (Lipinski definition) is 1. The molecule has 2 rings (SSSR count). The van der Waals surface area contributed by atoms with Gasteiger partial charge in [-0.25, -0.2) is 0 Å². The minimum Gasteiger partial charge on any atom is -0.461 e. The summed E-state index contributed by atoms with van der Waals surface area (Å²) in [5.74, 6) is -0.278. The second kappa shape index (κ2) is 9.41. The van der Waals surface area contributed by atoms with E-state index in [9.17, 15) is 9.59 Å². The molecule has 0 saturated heterocycles. The van der Waals surface area contributed by atoms with Gasteiger partial charge in [-0.15, -0.1) is 0 Å². The number of ether oxygens (including phenoxy) is 1. The third kappa shape index (κ3) is 6.78. The Bertz CT molecular complexity index is 611. The second-order valence-electron chi connectivity index (χ2n) is 5.26. The lowest BCUT2D eigenvalue weighted by Crippen LogP contribution is -2.26. The van der Waals surface area contributed by atoms with Crippen molar-refractivity contribution < 1.29 is 14.3 Å². The molecule has 0 saturated carbocycles. The number of amides is 1. The van der Waals surface area contributed by atoms with Gasteiger partial charge < -0.3 is 10.1 Å². The summed E-state index contributed by atoms with van der Waals surface area (Å²) in [4.78, 5) is 23.4. The van der Waals surface area contributed by atoms with Crippen molar-refractivity contribution in [2.24, 2.45) is 0 Å². The summed E-state index contributed by atoms with van der Waals surface area (Å²) in [7, 11) is 0. The van der Waals surface area contributed by atoms with Crippen LogP contribution in [0.15, 0.2) is 60.7 Å². The van der Waals surface area contributed by atoms with Crippen molar-refractivity contribution in [3.63, 3.8) is 0 Å². The first-order valence-corrected chi connectivity index (χ1v) is 7.74. The molecule has 2 aromatic rings. The molecular formula is C19H21NO3. The van der Waals surface area contributed by atoms with E-state index in [1.165, 1.54) is 0 Å². The predicted molar refractivity (Wildman–Crippen MR) is 88.6 cm³/mol. The van der Waals surface area contributed by atoms with Crippen LogP contribution in [0.5, 0.6) is 0 Å². The van der Waals surface area contributed by atoms with Crippen LogP contribution in [0.25, 0.3) is 0 Å². The lowest BCUT2D eigenvalue weighted by atomic mass is 10.1. The molecule has 0 heterocycles. The van der Waals surface area contributed by atoms with Gasteiger partial charge in [0.2, 0.25) is 5.91 Å². The van der Waals surface area contributed by atoms with Crippen LogP contribution in [0.3, 0.4) is 0 Å². The largest absolute Gasteiger partial charge is 0.461 e. The average Bonchev–Trinajstić information content (AvgIpc) is 2.59. The van der Waals surface area contributed by atoms with Crippen LogP contribution in [0.2, 0.25) is 0 Å². The van der Waals surface area contributed by atoms with Crippen LogP contribution >= 0.6 is 0 Å². The van der Waals surface area contributed by atoms with Gasteiger partial charge in [-0.2, -0.15) is 0 Å². The van der Waals surface area contributed by atoms with E-state index in [2.05, 4.69) is 5.32 Å². The average molecular weight is 311 g/mol. The summed E-state index contributed by atoms with van der Waals surface area (Å²) in [5, 5.41) is 2.81. The maximum Gasteiger partial charge on any atom is 0.306 e. The lowest BCUT2D eigenvalue weighted by molar-refractivity contribution is -0.145. The number of carbonyl (C=O) groups is 2. The van der Waals surface area contributed by atoms with Crippen molar-refractivity contribution in [1.82, 2.24) is 5.32 Å². The summed E-state index contributed by atoms with van der Waals surface area (Å²) in [6.07, 6.45) is 1.24. The minimum absolute atomic E-state index is 0.0335. The second-order valence-corrected chi connectivity index (χ2v) is 5.26. The van der Waals surface area contributed by atoms with Gasteiger partial charge in [0.25, 0.3) is 0 Å². The number of nitrogens with one attached hydrogen (secondary N) is 1. The van der Waals surface area contributed by atoms with Gasteiger partial charge in [0.1, 0.15) is 6.61 Å². The molecule has 0 fully saturated rings. The summed E-state index contributed by atoms with van der Waals surface area (Å²) in [5.41, 5.74) is 1.95. The molecule has 4 heteroatoms. The number of esters is 1. The Kier molecular flexibility index (Phi) is 6.85. The van der Waals surface area contributed by atoms with Crippen LogP contribution in [-0.2, 0) is 27.4 Å². The fourth-order valence-corrected chi connectivity index (χ4v) is 2.11. The molecule has 4 nitrogen and oxygen atoms in total. The summed E-state index contributed by atoms with van der Waals surface area (Å²) < 4.78 is 5.18. The molecule has 0 aliphatic rings. The molecule has 0 radical (unpaired) electrons. The molecule has 23 heavy (non-hydrogen) atoms. The first-order valence-electron chi connectivity index (χ1n) is 7.74. The number of rotatable bonds is 8. The van der Waals surface area contributed by atoms with E-state index in [4.69, 9.17) is 4.74 Å². The fraction of sp³-hybridized carbons (Fsp3) is 0.263. The summed E-state index contributed by atoms with van der Waals surface area (Å²) in [6.45, 7) is 0.770. The first-order chi connectivity index (χ1) is 11.2. The van der Waals surface area contributed by atoms with Crippen molar-refractivity contribution in [2.75, 3.05) is 6.54 Å². The SMILES string of the molecule is O=C(Cc1ccccc1)NCCCC(=O)OCc1ccccc1. The molecule has 0 spiro atoms. The molecule has 0 unspecified atom stereocenters. The van der Waals surface area contributed by atoms with Crippen LogP contribution in [-0.4, -0.2) is 18.4 Å². The molecule has 0 atom stereocenters. The molecule has 0 bridgehead atoms. The van der Waals surface area contributed by atoms with Crippen molar-refractivity contribution in [2.45, 2.75) is 25.9 Å². The van der Waals surface area contributed by atoms with E-state index in [-0.39, 0.29) is 11.9 Å². The van der Waals surface area contributed by atoms with Gasteiger partial charge in [-0.3, -0.25) is 9.59 Å². The van der Waals surface area contributed by atoms with Gasteiger partial charge in [-0.1, -0.05) is 60.7 Å². The van der Waals surface area contributed by atoms with Gasteiger partial charge in [0.05, 0.1) is 6.42 Å². The van der Waals surface area contributed by atoms with E-state index in [1.807, 2.05) is 60.7 Å². The maximum atomic E-state index is 11.7. The molecule has 1 amide bonds. The Labute approximate surface area is 136 Å². The number of carbonyl (C=O) groups excluding carboxylic acids is 2. The van der Waals surface area contributed by atoms with Crippen LogP contribution in [0, 0.1) is 0 Å². The van der Waals surface area contributed by atoms with Gasteiger partial charge in [0.15, 0.2) is 0 Å². The van der Waals surface area contributed by atoms with Crippen molar-refractivity contribution in [3.05, 3.63) is 71.8 Å². The maximum absolute atomic E-state index is 11.7. The zero-order valence-corrected chi connectivity index (χ0v) is 13.0. The molecule has 120 valence electrons. The predicted octanol–water partition coefficient (Wildman–Crippen LogP) is 2.87. The smallest absolute Gasteiger partial charge is 0.306 e. The third-order valence-corrected chi connectivity index (χ3v) is 3.33. The normalized spacial score (nSPS) is 10.1. The summed E-state index contributed by atoms with van der Waals surface area (Å²) in [6, 6.07) is 19.1. The standard InChI is InChI=1S/C19H21NO3/c21-18(14-16-8-3-1-4-9-16)20-13-7-12-19(22)23-15-17-10-5-2-6-11-17/h1-6,8-11H,7,12-15H2,(H,20,21). The number of hydrogen-bond acceptors (Lipinski definition) is 3. The quantitative estimate of drug-likeness (QED) is 0.602. The van der Waals surface area contributed by atoms with E-state index in [1.54, 1.807) is 0 Å².